The standard InChI is InChI=1S/C25H25FN4O2/c1-4-5-6-22(31)19-9-8-18(13-16(19)2)29-24-25-28-15-21(30(25)12-11-27-24)17-7-10-23(32-3)20(26)14-17/h7-15H,4-6H2,1-3H3,(H,27,29). The summed E-state index contributed by atoms with van der Waals surface area (Å²) in [4.78, 5) is 21.3. The van der Waals surface area contributed by atoms with E-state index in [4.69, 9.17) is 4.74 Å². The minimum Gasteiger partial charge on any atom is -0.494 e. The molecule has 2 aromatic heterocycles. The van der Waals surface area contributed by atoms with E-state index in [0.717, 1.165) is 35.3 Å². The number of benzene rings is 2. The average Bonchev–Trinajstić information content (AvgIpc) is 3.23. The molecule has 0 saturated carbocycles. The number of anilines is 2. The van der Waals surface area contributed by atoms with Crippen LogP contribution in [0.15, 0.2) is 55.0 Å². The van der Waals surface area contributed by atoms with Crippen LogP contribution < -0.4 is 10.1 Å². The quantitative estimate of drug-likeness (QED) is 0.348. The highest BCUT2D eigenvalue weighted by atomic mass is 19.1. The van der Waals surface area contributed by atoms with E-state index < -0.39 is 5.82 Å². The molecule has 0 atom stereocenters. The van der Waals surface area contributed by atoms with Crippen molar-refractivity contribution in [1.82, 2.24) is 14.4 Å². The van der Waals surface area contributed by atoms with Gasteiger partial charge in [0.05, 0.1) is 19.0 Å². The summed E-state index contributed by atoms with van der Waals surface area (Å²) in [6, 6.07) is 10.5. The van der Waals surface area contributed by atoms with Gasteiger partial charge in [-0.15, -0.1) is 0 Å². The molecule has 0 aliphatic heterocycles. The Morgan fingerprint density at radius 3 is 2.75 bits per heavy atom. The normalized spacial score (nSPS) is 11.0. The largest absolute Gasteiger partial charge is 0.494 e. The summed E-state index contributed by atoms with van der Waals surface area (Å²) in [5, 5.41) is 3.29. The van der Waals surface area contributed by atoms with Crippen molar-refractivity contribution in [3.63, 3.8) is 0 Å². The van der Waals surface area contributed by atoms with E-state index in [-0.39, 0.29) is 11.5 Å². The van der Waals surface area contributed by atoms with Gasteiger partial charge in [-0.05, 0) is 55.3 Å². The van der Waals surface area contributed by atoms with Gasteiger partial charge in [-0.2, -0.15) is 0 Å². The van der Waals surface area contributed by atoms with Gasteiger partial charge in [-0.1, -0.05) is 13.3 Å². The second-order valence-corrected chi connectivity index (χ2v) is 7.64. The predicted octanol–water partition coefficient (Wildman–Crippen LogP) is 5.97. The Balaban J connectivity index is 1.63. The van der Waals surface area contributed by atoms with Crippen LogP contribution in [0.25, 0.3) is 16.9 Å². The summed E-state index contributed by atoms with van der Waals surface area (Å²) in [7, 11) is 1.44. The highest BCUT2D eigenvalue weighted by Crippen LogP contribution is 2.29. The van der Waals surface area contributed by atoms with Crippen molar-refractivity contribution in [2.24, 2.45) is 0 Å². The first-order valence-corrected chi connectivity index (χ1v) is 10.6. The lowest BCUT2D eigenvalue weighted by molar-refractivity contribution is 0.0979. The van der Waals surface area contributed by atoms with Crippen LogP contribution in [-0.4, -0.2) is 27.3 Å². The van der Waals surface area contributed by atoms with Gasteiger partial charge < -0.3 is 10.1 Å². The molecule has 0 aliphatic carbocycles. The topological polar surface area (TPSA) is 68.5 Å². The minimum absolute atomic E-state index is 0.167. The second-order valence-electron chi connectivity index (χ2n) is 7.64. The molecule has 0 fully saturated rings. The fourth-order valence-corrected chi connectivity index (χ4v) is 3.71. The molecule has 164 valence electrons. The molecular weight excluding hydrogens is 407 g/mol. The number of fused-ring (bicyclic) bond motifs is 1. The Bertz CT molecular complexity index is 1280. The van der Waals surface area contributed by atoms with Crippen LogP contribution in [0.3, 0.4) is 0 Å². The van der Waals surface area contributed by atoms with E-state index in [1.165, 1.54) is 13.2 Å². The number of imidazole rings is 1. The number of ether oxygens (including phenoxy) is 1. The van der Waals surface area contributed by atoms with Crippen molar-refractivity contribution in [3.05, 3.63) is 71.9 Å². The van der Waals surface area contributed by atoms with Crippen molar-refractivity contribution >= 4 is 22.9 Å². The van der Waals surface area contributed by atoms with E-state index in [1.54, 1.807) is 30.7 Å². The van der Waals surface area contributed by atoms with E-state index in [2.05, 4.69) is 22.2 Å². The van der Waals surface area contributed by atoms with E-state index in [9.17, 15) is 9.18 Å². The number of aromatic nitrogens is 3. The average molecular weight is 432 g/mol. The highest BCUT2D eigenvalue weighted by Gasteiger charge is 2.14. The van der Waals surface area contributed by atoms with Crippen molar-refractivity contribution in [2.45, 2.75) is 33.1 Å². The third-order valence-electron chi connectivity index (χ3n) is 5.42. The highest BCUT2D eigenvalue weighted by molar-refractivity contribution is 5.97. The summed E-state index contributed by atoms with van der Waals surface area (Å²) in [5.74, 6) is 0.493. The van der Waals surface area contributed by atoms with E-state index in [0.29, 0.717) is 23.4 Å². The number of hydrogen-bond donors (Lipinski definition) is 1. The summed E-state index contributed by atoms with van der Waals surface area (Å²) in [6.45, 7) is 4.01. The molecule has 0 radical (unpaired) electrons. The molecular formula is C25H25FN4O2. The molecule has 6 nitrogen and oxygen atoms in total. The maximum Gasteiger partial charge on any atom is 0.180 e. The zero-order valence-electron chi connectivity index (χ0n) is 18.4. The minimum atomic E-state index is -0.434. The van der Waals surface area contributed by atoms with Crippen LogP contribution >= 0.6 is 0 Å². The van der Waals surface area contributed by atoms with Gasteiger partial charge >= 0.3 is 0 Å². The fourth-order valence-electron chi connectivity index (χ4n) is 3.71. The van der Waals surface area contributed by atoms with Gasteiger partial charge in [0.1, 0.15) is 0 Å². The summed E-state index contributed by atoms with van der Waals surface area (Å²) in [5.41, 5.74) is 4.51. The molecule has 4 rings (SSSR count). The van der Waals surface area contributed by atoms with Crippen LogP contribution in [0.1, 0.15) is 42.1 Å². The fraction of sp³-hybridized carbons (Fsp3) is 0.240. The number of hydrogen-bond acceptors (Lipinski definition) is 5. The van der Waals surface area contributed by atoms with Gasteiger partial charge in [0.25, 0.3) is 0 Å². The number of methoxy groups -OCH3 is 1. The molecule has 7 heteroatoms. The number of Topliss-reactive ketones (excluding diaryl/α,β-unsaturated/α-hetero) is 1. The third-order valence-corrected chi connectivity index (χ3v) is 5.42. The van der Waals surface area contributed by atoms with Gasteiger partial charge in [0, 0.05) is 35.6 Å². The van der Waals surface area contributed by atoms with Crippen LogP contribution in [0.5, 0.6) is 5.75 Å². The van der Waals surface area contributed by atoms with Gasteiger partial charge in [-0.25, -0.2) is 14.4 Å². The summed E-state index contributed by atoms with van der Waals surface area (Å²) >= 11 is 0. The number of carbonyl (C=O) groups is 1. The van der Waals surface area contributed by atoms with E-state index >= 15 is 0 Å². The van der Waals surface area contributed by atoms with E-state index in [1.807, 2.05) is 29.5 Å². The predicted molar refractivity (Wildman–Crippen MR) is 123 cm³/mol. The number of aryl methyl sites for hydroxylation is 1. The molecule has 0 aliphatic rings. The Kier molecular flexibility index (Phi) is 6.16. The Labute approximate surface area is 186 Å². The van der Waals surface area contributed by atoms with Crippen molar-refractivity contribution in [3.8, 4) is 17.0 Å². The Morgan fingerprint density at radius 1 is 1.19 bits per heavy atom. The second kappa shape index (κ2) is 9.18. The van der Waals surface area contributed by atoms with Crippen molar-refractivity contribution in [2.75, 3.05) is 12.4 Å². The molecule has 2 heterocycles. The lowest BCUT2D eigenvalue weighted by Gasteiger charge is -2.11. The van der Waals surface area contributed by atoms with Gasteiger partial charge in [0.15, 0.2) is 28.8 Å². The number of nitrogens with one attached hydrogen (secondary N) is 1. The monoisotopic (exact) mass is 432 g/mol. The molecule has 4 aromatic rings. The lowest BCUT2D eigenvalue weighted by atomic mass is 10.0. The maximum absolute atomic E-state index is 14.2. The van der Waals surface area contributed by atoms with Crippen LogP contribution in [0.4, 0.5) is 15.9 Å². The van der Waals surface area contributed by atoms with Crippen molar-refractivity contribution in [1.29, 1.82) is 0 Å². The third kappa shape index (κ3) is 4.19. The van der Waals surface area contributed by atoms with Crippen LogP contribution in [0.2, 0.25) is 0 Å². The molecule has 0 spiro atoms. The molecule has 32 heavy (non-hydrogen) atoms. The van der Waals surface area contributed by atoms with Crippen LogP contribution in [0, 0.1) is 12.7 Å². The lowest BCUT2D eigenvalue weighted by Crippen LogP contribution is -2.03. The number of nitrogens with zero attached hydrogens (tertiary/aromatic N) is 3. The summed E-state index contributed by atoms with van der Waals surface area (Å²) < 4.78 is 21.1. The molecule has 2 aromatic carbocycles. The Hall–Kier alpha value is -3.74. The first-order chi connectivity index (χ1) is 15.5. The zero-order chi connectivity index (χ0) is 22.7. The molecule has 1 N–H and O–H groups in total. The number of carbonyl (C=O) groups excluding carboxylic acids is 1. The smallest absolute Gasteiger partial charge is 0.180 e. The first-order valence-electron chi connectivity index (χ1n) is 10.6. The molecule has 0 unspecified atom stereocenters. The number of ketones is 1. The molecule has 0 saturated heterocycles. The molecule has 0 bridgehead atoms. The molecule has 0 amide bonds. The Morgan fingerprint density at radius 2 is 2.03 bits per heavy atom. The number of rotatable bonds is 8. The first kappa shape index (κ1) is 21.5. The summed E-state index contributed by atoms with van der Waals surface area (Å²) in [6.07, 6.45) is 7.58. The van der Waals surface area contributed by atoms with Crippen molar-refractivity contribution < 1.29 is 13.9 Å². The van der Waals surface area contributed by atoms with Gasteiger partial charge in [0.2, 0.25) is 0 Å². The zero-order valence-corrected chi connectivity index (χ0v) is 18.4. The maximum atomic E-state index is 14.2. The SMILES string of the molecule is CCCCC(=O)c1ccc(Nc2nccn3c(-c4ccc(OC)c(F)c4)cnc23)cc1C. The number of unbranched alkanes of at least 4 members (excludes halogenated alkanes) is 1. The van der Waals surface area contributed by atoms with Crippen LogP contribution in [-0.2, 0) is 0 Å². The van der Waals surface area contributed by atoms with Gasteiger partial charge in [-0.3, -0.25) is 9.20 Å². The number of halogens is 1.